The molecule has 1 amide bonds. The number of para-hydroxylation sites is 1. The highest BCUT2D eigenvalue weighted by atomic mass is 16.7. The fourth-order valence-electron chi connectivity index (χ4n) is 6.97. The van der Waals surface area contributed by atoms with Crippen LogP contribution in [-0.4, -0.2) is 40.9 Å². The van der Waals surface area contributed by atoms with Crippen LogP contribution in [0.5, 0.6) is 11.5 Å². The molecule has 186 valence electrons. The minimum atomic E-state index is -1.22. The van der Waals surface area contributed by atoms with Crippen LogP contribution in [0, 0.1) is 16.0 Å². The van der Waals surface area contributed by atoms with E-state index in [9.17, 15) is 19.7 Å². The van der Waals surface area contributed by atoms with Gasteiger partial charge >= 0.3 is 0 Å². The Morgan fingerprint density at radius 2 is 1.89 bits per heavy atom. The van der Waals surface area contributed by atoms with E-state index in [-0.39, 0.29) is 30.2 Å². The van der Waals surface area contributed by atoms with Gasteiger partial charge < -0.3 is 14.8 Å². The largest absolute Gasteiger partial charge is 0.454 e. The van der Waals surface area contributed by atoms with Gasteiger partial charge in [0.1, 0.15) is 5.54 Å². The molecule has 1 N–H and O–H groups in total. The minimum Gasteiger partial charge on any atom is -0.454 e. The fraction of sp³-hybridized carbons (Fsp3) is 0.286. The Morgan fingerprint density at radius 1 is 1.05 bits per heavy atom. The van der Waals surface area contributed by atoms with Gasteiger partial charge in [-0.05, 0) is 49.2 Å². The molecule has 7 rings (SSSR count). The van der Waals surface area contributed by atoms with E-state index in [1.807, 2.05) is 30.3 Å². The molecule has 0 bridgehead atoms. The van der Waals surface area contributed by atoms with Gasteiger partial charge in [0.25, 0.3) is 5.69 Å². The monoisotopic (exact) mass is 497 g/mol. The number of rotatable bonds is 4. The van der Waals surface area contributed by atoms with Crippen molar-refractivity contribution in [3.8, 4) is 11.5 Å². The van der Waals surface area contributed by atoms with Gasteiger partial charge in [-0.15, -0.1) is 0 Å². The van der Waals surface area contributed by atoms with Gasteiger partial charge in [0, 0.05) is 40.9 Å². The molecule has 9 nitrogen and oxygen atoms in total. The predicted molar refractivity (Wildman–Crippen MR) is 133 cm³/mol. The third-order valence-electron chi connectivity index (χ3n) is 8.31. The van der Waals surface area contributed by atoms with Gasteiger partial charge in [-0.25, -0.2) is 0 Å². The van der Waals surface area contributed by atoms with E-state index < -0.39 is 22.3 Å². The average Bonchev–Trinajstić information content (AvgIpc) is 3.67. The van der Waals surface area contributed by atoms with Gasteiger partial charge in [0.2, 0.25) is 12.7 Å². The number of nitrogens with one attached hydrogen (secondary N) is 1. The zero-order valence-electron chi connectivity index (χ0n) is 19.8. The van der Waals surface area contributed by atoms with Crippen molar-refractivity contribution in [2.45, 2.75) is 30.3 Å². The number of carbonyl (C=O) groups excluding carboxylic acids is 2. The number of ketones is 1. The van der Waals surface area contributed by atoms with Crippen LogP contribution in [0.15, 0.2) is 66.7 Å². The van der Waals surface area contributed by atoms with Crippen molar-refractivity contribution in [3.05, 3.63) is 93.5 Å². The Kier molecular flexibility index (Phi) is 4.68. The summed E-state index contributed by atoms with van der Waals surface area (Å²) in [5.74, 6) is -0.594. The fourth-order valence-corrected chi connectivity index (χ4v) is 6.97. The van der Waals surface area contributed by atoms with Crippen molar-refractivity contribution >= 4 is 23.1 Å². The molecule has 4 aliphatic heterocycles. The Balaban J connectivity index is 1.46. The van der Waals surface area contributed by atoms with Crippen LogP contribution in [0.25, 0.3) is 0 Å². The normalized spacial score (nSPS) is 27.2. The lowest BCUT2D eigenvalue weighted by Gasteiger charge is -2.36. The highest BCUT2D eigenvalue weighted by Gasteiger charge is 2.69. The van der Waals surface area contributed by atoms with Gasteiger partial charge in [-0.1, -0.05) is 30.3 Å². The molecule has 4 aliphatic rings. The molecule has 0 unspecified atom stereocenters. The number of ether oxygens (including phenoxy) is 2. The van der Waals surface area contributed by atoms with Crippen molar-refractivity contribution in [1.29, 1.82) is 0 Å². The molecule has 4 atom stereocenters. The number of nitro benzene ring substituents is 1. The Morgan fingerprint density at radius 3 is 2.76 bits per heavy atom. The topological polar surface area (TPSA) is 111 Å². The standard InChI is InChI=1S/C28H23N3O6/c32-26(17-10-11-22-23(14-17)37-15-36-22)25-24(16-5-3-6-18(13-16)31(34)35)21-9-4-12-30(21)28(25)19-7-1-2-8-20(19)29-27(28)33/h1-3,5-8,10-11,13-14,21,24-25H,4,9,12,15H2,(H,29,33)/t21-,24-,25+,28+/m0/s1. The van der Waals surface area contributed by atoms with Crippen LogP contribution in [0.3, 0.4) is 0 Å². The predicted octanol–water partition coefficient (Wildman–Crippen LogP) is 4.23. The van der Waals surface area contributed by atoms with Gasteiger partial charge in [0.05, 0.1) is 10.8 Å². The summed E-state index contributed by atoms with van der Waals surface area (Å²) in [6, 6.07) is 19.0. The highest BCUT2D eigenvalue weighted by Crippen LogP contribution is 2.61. The van der Waals surface area contributed by atoms with Gasteiger partial charge in [-0.3, -0.25) is 24.6 Å². The maximum absolute atomic E-state index is 14.6. The zero-order chi connectivity index (χ0) is 25.3. The van der Waals surface area contributed by atoms with Crippen molar-refractivity contribution in [2.75, 3.05) is 18.7 Å². The third-order valence-corrected chi connectivity index (χ3v) is 8.31. The van der Waals surface area contributed by atoms with E-state index in [2.05, 4.69) is 10.2 Å². The average molecular weight is 498 g/mol. The first-order valence-electron chi connectivity index (χ1n) is 12.4. The lowest BCUT2D eigenvalue weighted by Crippen LogP contribution is -2.52. The summed E-state index contributed by atoms with van der Waals surface area (Å²) in [7, 11) is 0. The van der Waals surface area contributed by atoms with Crippen LogP contribution in [0.2, 0.25) is 0 Å². The summed E-state index contributed by atoms with van der Waals surface area (Å²) >= 11 is 0. The van der Waals surface area contributed by atoms with E-state index in [0.717, 1.165) is 18.4 Å². The summed E-state index contributed by atoms with van der Waals surface area (Å²) in [5.41, 5.74) is 1.33. The first-order valence-corrected chi connectivity index (χ1v) is 12.4. The maximum Gasteiger partial charge on any atom is 0.269 e. The van der Waals surface area contributed by atoms with Crippen LogP contribution in [0.1, 0.15) is 40.2 Å². The number of Topliss-reactive ketones (excluding diaryl/α,β-unsaturated/α-hetero) is 1. The quantitative estimate of drug-likeness (QED) is 0.326. The summed E-state index contributed by atoms with van der Waals surface area (Å²) in [6.07, 6.45) is 1.66. The van der Waals surface area contributed by atoms with E-state index >= 15 is 0 Å². The second-order valence-corrected chi connectivity index (χ2v) is 9.96. The number of fused-ring (bicyclic) bond motifs is 5. The van der Waals surface area contributed by atoms with Crippen molar-refractivity contribution in [2.24, 2.45) is 5.92 Å². The van der Waals surface area contributed by atoms with E-state index in [4.69, 9.17) is 9.47 Å². The molecule has 0 radical (unpaired) electrons. The number of anilines is 1. The summed E-state index contributed by atoms with van der Waals surface area (Å²) in [4.78, 5) is 42.0. The number of hydrogen-bond acceptors (Lipinski definition) is 7. The number of nitrogens with zero attached hydrogens (tertiary/aromatic N) is 2. The molecule has 4 heterocycles. The van der Waals surface area contributed by atoms with Crippen molar-refractivity contribution in [3.63, 3.8) is 0 Å². The molecule has 2 saturated heterocycles. The first-order chi connectivity index (χ1) is 18.0. The Hall–Kier alpha value is -4.24. The highest BCUT2D eigenvalue weighted by molar-refractivity contribution is 6.12. The number of nitro groups is 1. The molecular weight excluding hydrogens is 474 g/mol. The van der Waals surface area contributed by atoms with Gasteiger partial charge in [-0.2, -0.15) is 0 Å². The van der Waals surface area contributed by atoms with Crippen molar-refractivity contribution < 1.29 is 24.0 Å². The Labute approximate surface area is 212 Å². The van der Waals surface area contributed by atoms with E-state index in [0.29, 0.717) is 34.9 Å². The smallest absolute Gasteiger partial charge is 0.269 e. The van der Waals surface area contributed by atoms with Crippen LogP contribution in [0.4, 0.5) is 11.4 Å². The summed E-state index contributed by atoms with van der Waals surface area (Å²) < 4.78 is 11.0. The lowest BCUT2D eigenvalue weighted by molar-refractivity contribution is -0.384. The Bertz CT molecular complexity index is 1490. The molecule has 37 heavy (non-hydrogen) atoms. The SMILES string of the molecule is O=C(c1ccc2c(c1)OCO2)[C@H]1[C@@H](c2cccc([N+](=O)[O-])c2)[C@@H]2CCCN2[C@@]12C(=O)Nc1ccccc12. The lowest BCUT2D eigenvalue weighted by atomic mass is 9.68. The number of benzene rings is 3. The zero-order valence-corrected chi connectivity index (χ0v) is 19.8. The van der Waals surface area contributed by atoms with Crippen LogP contribution >= 0.6 is 0 Å². The number of hydrogen-bond donors (Lipinski definition) is 1. The molecule has 3 aromatic carbocycles. The van der Waals surface area contributed by atoms with Crippen LogP contribution in [-0.2, 0) is 10.3 Å². The second kappa shape index (κ2) is 7.88. The van der Waals surface area contributed by atoms with Crippen molar-refractivity contribution in [1.82, 2.24) is 4.90 Å². The summed E-state index contributed by atoms with van der Waals surface area (Å²) in [5, 5.41) is 14.7. The molecule has 0 saturated carbocycles. The van der Waals surface area contributed by atoms with E-state index in [1.165, 1.54) is 6.07 Å². The number of carbonyl (C=O) groups is 2. The number of amides is 1. The second-order valence-electron chi connectivity index (χ2n) is 9.96. The minimum absolute atomic E-state index is 0.0338. The molecular formula is C28H23N3O6. The molecule has 3 aromatic rings. The maximum atomic E-state index is 14.6. The molecule has 1 spiro atoms. The third kappa shape index (κ3) is 2.94. The molecule has 0 aromatic heterocycles. The van der Waals surface area contributed by atoms with E-state index in [1.54, 1.807) is 30.3 Å². The van der Waals surface area contributed by atoms with Crippen LogP contribution < -0.4 is 14.8 Å². The molecule has 0 aliphatic carbocycles. The summed E-state index contributed by atoms with van der Waals surface area (Å²) in [6.45, 7) is 0.741. The van der Waals surface area contributed by atoms with Gasteiger partial charge in [0.15, 0.2) is 17.3 Å². The first kappa shape index (κ1) is 22.0. The molecule has 9 heteroatoms. The number of non-ortho nitro benzene ring substituents is 1. The molecule has 2 fully saturated rings.